The summed E-state index contributed by atoms with van der Waals surface area (Å²) in [7, 11) is 0. The monoisotopic (exact) mass is 345 g/mol. The second kappa shape index (κ2) is 7.32. The van der Waals surface area contributed by atoms with E-state index in [2.05, 4.69) is 46.5 Å². The maximum atomic E-state index is 9.95. The molecule has 0 radical (unpaired) electrons. The summed E-state index contributed by atoms with van der Waals surface area (Å²) in [4.78, 5) is 2.21. The van der Waals surface area contributed by atoms with E-state index in [1.165, 1.54) is 0 Å². The van der Waals surface area contributed by atoms with Gasteiger partial charge < -0.3 is 10.0 Å². The van der Waals surface area contributed by atoms with Gasteiger partial charge in [-0.3, -0.25) is 0 Å². The molecule has 2 aromatic carbocycles. The smallest absolute Gasteiger partial charge is 0.120 e. The summed E-state index contributed by atoms with van der Waals surface area (Å²) in [5, 5.41) is 9.95. The Labute approximate surface area is 134 Å². The van der Waals surface area contributed by atoms with Crippen LogP contribution in [0.2, 0.25) is 0 Å². The van der Waals surface area contributed by atoms with E-state index < -0.39 is 0 Å². The summed E-state index contributed by atoms with van der Waals surface area (Å²) in [6.07, 6.45) is 1.03. The third-order valence-electron chi connectivity index (χ3n) is 3.41. The number of aromatic hydroxyl groups is 1. The van der Waals surface area contributed by atoms with E-state index in [9.17, 15) is 5.11 Å². The van der Waals surface area contributed by atoms with Gasteiger partial charge in [-0.15, -0.1) is 0 Å². The first-order chi connectivity index (χ1) is 10.1. The van der Waals surface area contributed by atoms with Crippen molar-refractivity contribution in [3.8, 4) is 5.75 Å². The minimum atomic E-state index is 0.335. The molecule has 0 fully saturated rings. The molecule has 0 unspecified atom stereocenters. The number of phenolic OH excluding ortho intramolecular Hbond substituents is 1. The van der Waals surface area contributed by atoms with Crippen molar-refractivity contribution < 1.29 is 5.11 Å². The number of benzene rings is 2. The highest BCUT2D eigenvalue weighted by Gasteiger charge is 2.11. The van der Waals surface area contributed by atoms with Crippen LogP contribution in [0.15, 0.2) is 59.6 Å². The molecule has 2 nitrogen and oxygen atoms in total. The topological polar surface area (TPSA) is 23.5 Å². The Bertz CT molecular complexity index is 607. The fraction of sp³-hybridized carbons (Fsp3) is 0.222. The predicted molar refractivity (Wildman–Crippen MR) is 92.0 cm³/mol. The Morgan fingerprint density at radius 2 is 1.81 bits per heavy atom. The van der Waals surface area contributed by atoms with Gasteiger partial charge in [0.25, 0.3) is 0 Å². The lowest BCUT2D eigenvalue weighted by molar-refractivity contribution is 0.378. The minimum Gasteiger partial charge on any atom is -0.508 e. The van der Waals surface area contributed by atoms with Gasteiger partial charge >= 0.3 is 0 Å². The zero-order chi connectivity index (χ0) is 15.2. The van der Waals surface area contributed by atoms with Crippen LogP contribution in [-0.2, 0) is 6.54 Å². The highest BCUT2D eigenvalue weighted by Crippen LogP contribution is 2.25. The third kappa shape index (κ3) is 4.11. The molecule has 0 heterocycles. The molecule has 0 amide bonds. The molecule has 0 aliphatic heterocycles. The predicted octanol–water partition coefficient (Wildman–Crippen LogP) is 5.04. The van der Waals surface area contributed by atoms with E-state index in [1.54, 1.807) is 6.07 Å². The first-order valence-electron chi connectivity index (χ1n) is 7.08. The number of halogens is 1. The summed E-state index contributed by atoms with van der Waals surface area (Å²) >= 11 is 3.45. The van der Waals surface area contributed by atoms with Crippen LogP contribution in [0.4, 0.5) is 0 Å². The molecular weight excluding hydrogens is 326 g/mol. The molecule has 0 aliphatic carbocycles. The average molecular weight is 346 g/mol. The SMILES string of the molecule is C=C(c1ccc(Br)cc1)N(CCC)Cc1ccccc1O. The molecule has 0 bridgehead atoms. The van der Waals surface area contributed by atoms with Crippen molar-refractivity contribution in [3.63, 3.8) is 0 Å². The van der Waals surface area contributed by atoms with Crippen molar-refractivity contribution >= 4 is 21.6 Å². The van der Waals surface area contributed by atoms with E-state index in [-0.39, 0.29) is 0 Å². The van der Waals surface area contributed by atoms with Gasteiger partial charge in [0.15, 0.2) is 0 Å². The molecule has 3 heteroatoms. The lowest BCUT2D eigenvalue weighted by Crippen LogP contribution is -2.22. The van der Waals surface area contributed by atoms with Gasteiger partial charge in [-0.1, -0.05) is 59.8 Å². The van der Waals surface area contributed by atoms with Crippen molar-refractivity contribution in [1.29, 1.82) is 0 Å². The highest BCUT2D eigenvalue weighted by atomic mass is 79.9. The summed E-state index contributed by atoms with van der Waals surface area (Å²) in [6, 6.07) is 15.6. The van der Waals surface area contributed by atoms with Gasteiger partial charge in [0.2, 0.25) is 0 Å². The first-order valence-corrected chi connectivity index (χ1v) is 7.87. The zero-order valence-corrected chi connectivity index (χ0v) is 13.8. The first kappa shape index (κ1) is 15.6. The lowest BCUT2D eigenvalue weighted by Gasteiger charge is -2.27. The fourth-order valence-corrected chi connectivity index (χ4v) is 2.52. The van der Waals surface area contributed by atoms with Crippen molar-refractivity contribution in [2.45, 2.75) is 19.9 Å². The molecule has 2 aromatic rings. The number of rotatable bonds is 6. The maximum absolute atomic E-state index is 9.95. The summed E-state index contributed by atoms with van der Waals surface area (Å²) in [5.41, 5.74) is 3.00. The van der Waals surface area contributed by atoms with Crippen LogP contribution in [0, 0.1) is 0 Å². The van der Waals surface area contributed by atoms with E-state index in [4.69, 9.17) is 0 Å². The minimum absolute atomic E-state index is 0.335. The van der Waals surface area contributed by atoms with Gasteiger partial charge in [0.05, 0.1) is 0 Å². The lowest BCUT2D eigenvalue weighted by atomic mass is 10.1. The van der Waals surface area contributed by atoms with E-state index in [0.717, 1.165) is 34.3 Å². The fourth-order valence-electron chi connectivity index (χ4n) is 2.25. The van der Waals surface area contributed by atoms with Crippen molar-refractivity contribution in [2.75, 3.05) is 6.54 Å². The van der Waals surface area contributed by atoms with E-state index >= 15 is 0 Å². The van der Waals surface area contributed by atoms with Crippen LogP contribution in [0.25, 0.3) is 5.70 Å². The van der Waals surface area contributed by atoms with Crippen molar-refractivity contribution in [2.24, 2.45) is 0 Å². The summed E-state index contributed by atoms with van der Waals surface area (Å²) in [5.74, 6) is 0.335. The largest absolute Gasteiger partial charge is 0.508 e. The van der Waals surface area contributed by atoms with E-state index in [1.807, 2.05) is 30.3 Å². The van der Waals surface area contributed by atoms with Crippen LogP contribution >= 0.6 is 15.9 Å². The molecule has 21 heavy (non-hydrogen) atoms. The van der Waals surface area contributed by atoms with Crippen LogP contribution in [-0.4, -0.2) is 16.6 Å². The summed E-state index contributed by atoms with van der Waals surface area (Å²) in [6.45, 7) is 7.94. The number of para-hydroxylation sites is 1. The molecule has 0 saturated carbocycles. The quantitative estimate of drug-likeness (QED) is 0.792. The zero-order valence-electron chi connectivity index (χ0n) is 12.2. The summed E-state index contributed by atoms with van der Waals surface area (Å²) < 4.78 is 1.06. The van der Waals surface area contributed by atoms with Crippen LogP contribution < -0.4 is 0 Å². The second-order valence-electron chi connectivity index (χ2n) is 5.00. The van der Waals surface area contributed by atoms with Crippen LogP contribution in [0.1, 0.15) is 24.5 Å². The Morgan fingerprint density at radius 3 is 2.43 bits per heavy atom. The highest BCUT2D eigenvalue weighted by molar-refractivity contribution is 9.10. The Hall–Kier alpha value is -1.74. The normalized spacial score (nSPS) is 10.4. The van der Waals surface area contributed by atoms with Crippen molar-refractivity contribution in [1.82, 2.24) is 4.90 Å². The molecule has 0 saturated heterocycles. The second-order valence-corrected chi connectivity index (χ2v) is 5.92. The molecule has 1 N–H and O–H groups in total. The molecular formula is C18H20BrNO. The molecule has 0 spiro atoms. The Kier molecular flexibility index (Phi) is 5.45. The average Bonchev–Trinajstić information content (AvgIpc) is 2.49. The number of hydrogen-bond acceptors (Lipinski definition) is 2. The van der Waals surface area contributed by atoms with Gasteiger partial charge in [-0.2, -0.15) is 0 Å². The van der Waals surface area contributed by atoms with Crippen LogP contribution in [0.3, 0.4) is 0 Å². The van der Waals surface area contributed by atoms with Gasteiger partial charge in [0, 0.05) is 28.8 Å². The van der Waals surface area contributed by atoms with E-state index in [0.29, 0.717) is 12.3 Å². The Morgan fingerprint density at radius 1 is 1.14 bits per heavy atom. The third-order valence-corrected chi connectivity index (χ3v) is 3.93. The standard InChI is InChI=1S/C18H20BrNO/c1-3-12-20(13-16-6-4-5-7-18(16)21)14(2)15-8-10-17(19)11-9-15/h4-11,21H,2-3,12-13H2,1H3. The molecule has 110 valence electrons. The maximum Gasteiger partial charge on any atom is 0.120 e. The molecule has 0 aliphatic rings. The van der Waals surface area contributed by atoms with Crippen LogP contribution in [0.5, 0.6) is 5.75 Å². The number of nitrogens with zero attached hydrogens (tertiary/aromatic N) is 1. The molecule has 0 atom stereocenters. The molecule has 2 rings (SSSR count). The van der Waals surface area contributed by atoms with Gasteiger partial charge in [-0.25, -0.2) is 0 Å². The van der Waals surface area contributed by atoms with Gasteiger partial charge in [0.1, 0.15) is 5.75 Å². The van der Waals surface area contributed by atoms with Crippen molar-refractivity contribution in [3.05, 3.63) is 70.7 Å². The number of phenols is 1. The molecule has 0 aromatic heterocycles. The van der Waals surface area contributed by atoms with Gasteiger partial charge in [-0.05, 0) is 30.2 Å². The Balaban J connectivity index is 2.20. The number of hydrogen-bond donors (Lipinski definition) is 1.